The first-order chi connectivity index (χ1) is 11.4. The van der Waals surface area contributed by atoms with Crippen LogP contribution >= 0.6 is 0 Å². The second kappa shape index (κ2) is 4.66. The van der Waals surface area contributed by atoms with Crippen molar-refractivity contribution in [2.45, 2.75) is 71.3 Å². The van der Waals surface area contributed by atoms with Crippen LogP contribution in [-0.4, -0.2) is 34.5 Å². The summed E-state index contributed by atoms with van der Waals surface area (Å²) in [5, 5.41) is 11.0. The molecule has 6 unspecified atom stereocenters. The maximum absolute atomic E-state index is 11.0. The molecule has 3 aliphatic carbocycles. The average Bonchev–Trinajstić information content (AvgIpc) is 3.10. The SMILES string of the molecule is CC12CCC3=NCCN3C1=CCC1C2CCC2(C)C1CCC2(C)O. The van der Waals surface area contributed by atoms with Crippen molar-refractivity contribution < 1.29 is 5.11 Å². The molecule has 6 atom stereocenters. The maximum Gasteiger partial charge on any atom is 0.103 e. The Morgan fingerprint density at radius 2 is 1.92 bits per heavy atom. The molecule has 0 spiro atoms. The summed E-state index contributed by atoms with van der Waals surface area (Å²) in [6.45, 7) is 9.12. The fraction of sp³-hybridized carbons (Fsp3) is 0.857. The molecule has 0 aromatic rings. The monoisotopic (exact) mass is 328 g/mol. The Balaban J connectivity index is 1.53. The largest absolute Gasteiger partial charge is 0.390 e. The van der Waals surface area contributed by atoms with E-state index in [4.69, 9.17) is 4.99 Å². The first-order valence-corrected chi connectivity index (χ1v) is 10.1. The molecule has 0 radical (unpaired) electrons. The van der Waals surface area contributed by atoms with Crippen LogP contribution < -0.4 is 0 Å². The Morgan fingerprint density at radius 3 is 2.75 bits per heavy atom. The van der Waals surface area contributed by atoms with Gasteiger partial charge in [0.2, 0.25) is 0 Å². The van der Waals surface area contributed by atoms with Crippen LogP contribution in [0, 0.1) is 28.6 Å². The van der Waals surface area contributed by atoms with E-state index in [1.165, 1.54) is 37.9 Å². The standard InChI is InChI=1S/C21H32N2O/c1-19-9-8-18-22-12-13-23(18)17(19)5-4-14-15(19)6-10-20(2)16(14)7-11-21(20,3)24/h5,14-16,24H,4,6-13H2,1-3H3. The number of aliphatic hydroxyl groups is 1. The van der Waals surface area contributed by atoms with Gasteiger partial charge >= 0.3 is 0 Å². The molecule has 3 heteroatoms. The quantitative estimate of drug-likeness (QED) is 0.730. The van der Waals surface area contributed by atoms with Gasteiger partial charge in [0.1, 0.15) is 5.84 Å². The Hall–Kier alpha value is -0.830. The molecule has 3 fully saturated rings. The van der Waals surface area contributed by atoms with Gasteiger partial charge in [-0.1, -0.05) is 19.9 Å². The number of piperidine rings is 1. The normalized spacial score (nSPS) is 52.8. The first-order valence-electron chi connectivity index (χ1n) is 10.1. The summed E-state index contributed by atoms with van der Waals surface area (Å²) >= 11 is 0. The van der Waals surface area contributed by atoms with Crippen LogP contribution in [0.3, 0.4) is 0 Å². The Bertz CT molecular complexity index is 636. The predicted molar refractivity (Wildman–Crippen MR) is 96.7 cm³/mol. The summed E-state index contributed by atoms with van der Waals surface area (Å²) < 4.78 is 0. The van der Waals surface area contributed by atoms with Crippen molar-refractivity contribution in [3.63, 3.8) is 0 Å². The summed E-state index contributed by atoms with van der Waals surface area (Å²) in [7, 11) is 0. The molecule has 5 rings (SSSR count). The van der Waals surface area contributed by atoms with Crippen LogP contribution in [0.4, 0.5) is 0 Å². The third kappa shape index (κ3) is 1.70. The number of aliphatic imine (C=N–C) groups is 1. The molecule has 0 aromatic carbocycles. The molecular weight excluding hydrogens is 296 g/mol. The Morgan fingerprint density at radius 1 is 1.12 bits per heavy atom. The lowest BCUT2D eigenvalue weighted by atomic mass is 9.48. The molecular formula is C21H32N2O. The topological polar surface area (TPSA) is 35.8 Å². The van der Waals surface area contributed by atoms with E-state index in [0.717, 1.165) is 37.8 Å². The zero-order valence-corrected chi connectivity index (χ0v) is 15.5. The van der Waals surface area contributed by atoms with Crippen LogP contribution in [0.15, 0.2) is 16.8 Å². The summed E-state index contributed by atoms with van der Waals surface area (Å²) in [5.74, 6) is 3.62. The van der Waals surface area contributed by atoms with E-state index in [1.54, 1.807) is 5.70 Å². The van der Waals surface area contributed by atoms with Gasteiger partial charge in [0.25, 0.3) is 0 Å². The van der Waals surface area contributed by atoms with E-state index in [2.05, 4.69) is 31.7 Å². The van der Waals surface area contributed by atoms with E-state index in [9.17, 15) is 5.11 Å². The highest BCUT2D eigenvalue weighted by Crippen LogP contribution is 2.66. The van der Waals surface area contributed by atoms with Crippen molar-refractivity contribution >= 4 is 5.84 Å². The number of hydrogen-bond acceptors (Lipinski definition) is 3. The molecule has 5 aliphatic rings. The van der Waals surface area contributed by atoms with E-state index in [0.29, 0.717) is 11.3 Å². The number of allylic oxidation sites excluding steroid dienone is 2. The van der Waals surface area contributed by atoms with Gasteiger partial charge in [0, 0.05) is 24.1 Å². The van der Waals surface area contributed by atoms with Gasteiger partial charge in [-0.25, -0.2) is 0 Å². The molecule has 1 N–H and O–H groups in total. The second-order valence-corrected chi connectivity index (χ2v) is 9.84. The number of rotatable bonds is 0. The van der Waals surface area contributed by atoms with Gasteiger partial charge in [-0.3, -0.25) is 4.99 Å². The maximum atomic E-state index is 11.0. The first kappa shape index (κ1) is 15.4. The van der Waals surface area contributed by atoms with Crippen LogP contribution in [0.1, 0.15) is 65.7 Å². The lowest BCUT2D eigenvalue weighted by Gasteiger charge is -2.59. The van der Waals surface area contributed by atoms with Crippen molar-refractivity contribution in [2.24, 2.45) is 33.6 Å². The van der Waals surface area contributed by atoms with Gasteiger partial charge in [-0.05, 0) is 68.6 Å². The number of hydrogen-bond donors (Lipinski definition) is 1. The highest BCUT2D eigenvalue weighted by molar-refractivity contribution is 5.87. The van der Waals surface area contributed by atoms with Gasteiger partial charge in [-0.2, -0.15) is 0 Å². The van der Waals surface area contributed by atoms with E-state index >= 15 is 0 Å². The number of nitrogens with zero attached hydrogens (tertiary/aromatic N) is 2. The van der Waals surface area contributed by atoms with Crippen LogP contribution in [0.2, 0.25) is 0 Å². The minimum absolute atomic E-state index is 0.130. The van der Waals surface area contributed by atoms with Gasteiger partial charge < -0.3 is 10.0 Å². The molecule has 132 valence electrons. The minimum Gasteiger partial charge on any atom is -0.390 e. The lowest BCUT2D eigenvalue weighted by molar-refractivity contribution is -0.114. The fourth-order valence-electron chi connectivity index (χ4n) is 7.39. The van der Waals surface area contributed by atoms with Crippen LogP contribution in [-0.2, 0) is 0 Å². The van der Waals surface area contributed by atoms with Crippen molar-refractivity contribution in [3.05, 3.63) is 11.8 Å². The molecule has 0 bridgehead atoms. The fourth-order valence-corrected chi connectivity index (χ4v) is 7.39. The number of amidine groups is 1. The highest BCUT2D eigenvalue weighted by Gasteiger charge is 2.62. The molecule has 2 aliphatic heterocycles. The lowest BCUT2D eigenvalue weighted by Crippen LogP contribution is -2.55. The summed E-state index contributed by atoms with van der Waals surface area (Å²) in [6, 6.07) is 0. The minimum atomic E-state index is -0.463. The van der Waals surface area contributed by atoms with Crippen molar-refractivity contribution in [1.82, 2.24) is 4.90 Å². The molecule has 2 heterocycles. The van der Waals surface area contributed by atoms with E-state index < -0.39 is 5.60 Å². The Kier molecular flexibility index (Phi) is 3.00. The molecule has 0 aromatic heterocycles. The van der Waals surface area contributed by atoms with Crippen molar-refractivity contribution in [1.29, 1.82) is 0 Å². The highest BCUT2D eigenvalue weighted by atomic mass is 16.3. The molecule has 2 saturated carbocycles. The third-order valence-electron chi connectivity index (χ3n) is 9.07. The molecule has 3 nitrogen and oxygen atoms in total. The van der Waals surface area contributed by atoms with Crippen LogP contribution in [0.5, 0.6) is 0 Å². The average molecular weight is 329 g/mol. The summed E-state index contributed by atoms with van der Waals surface area (Å²) in [4.78, 5) is 7.29. The zero-order valence-electron chi connectivity index (χ0n) is 15.5. The smallest absolute Gasteiger partial charge is 0.103 e. The van der Waals surface area contributed by atoms with Gasteiger partial charge in [0.15, 0.2) is 0 Å². The predicted octanol–water partition coefficient (Wildman–Crippen LogP) is 3.98. The summed E-state index contributed by atoms with van der Waals surface area (Å²) in [6.07, 6.45) is 10.9. The van der Waals surface area contributed by atoms with E-state index in [-0.39, 0.29) is 5.41 Å². The van der Waals surface area contributed by atoms with Crippen molar-refractivity contribution in [3.8, 4) is 0 Å². The molecule has 24 heavy (non-hydrogen) atoms. The molecule has 1 saturated heterocycles. The van der Waals surface area contributed by atoms with E-state index in [1.807, 2.05) is 0 Å². The van der Waals surface area contributed by atoms with Crippen LogP contribution in [0.25, 0.3) is 0 Å². The summed E-state index contributed by atoms with van der Waals surface area (Å²) in [5.41, 5.74) is 1.60. The second-order valence-electron chi connectivity index (χ2n) is 9.84. The number of fused-ring (bicyclic) bond motifs is 7. The Labute approximate surface area is 146 Å². The molecule has 0 amide bonds. The third-order valence-corrected chi connectivity index (χ3v) is 9.07. The van der Waals surface area contributed by atoms with Gasteiger partial charge in [0.05, 0.1) is 12.1 Å². The van der Waals surface area contributed by atoms with Gasteiger partial charge in [-0.15, -0.1) is 0 Å². The van der Waals surface area contributed by atoms with Crippen molar-refractivity contribution in [2.75, 3.05) is 13.1 Å². The zero-order chi connectivity index (χ0) is 16.7.